The average molecular weight is 309 g/mol. The predicted molar refractivity (Wildman–Crippen MR) is 105 cm³/mol. The Bertz CT molecular complexity index is 594. The first-order valence-electron chi connectivity index (χ1n) is 8.89. The summed E-state index contributed by atoms with van der Waals surface area (Å²) in [4.78, 5) is 0. The molecule has 1 saturated carbocycles. The Kier molecular flexibility index (Phi) is 7.37. The van der Waals surface area contributed by atoms with Crippen molar-refractivity contribution in [3.63, 3.8) is 0 Å². The first-order valence-corrected chi connectivity index (χ1v) is 8.89. The Hall–Kier alpha value is -1.74. The molecule has 1 fully saturated rings. The van der Waals surface area contributed by atoms with Crippen LogP contribution in [-0.4, -0.2) is 0 Å². The van der Waals surface area contributed by atoms with Gasteiger partial charge in [-0.2, -0.15) is 0 Å². The maximum Gasteiger partial charge on any atom is -0.0152 e. The van der Waals surface area contributed by atoms with Crippen LogP contribution in [-0.2, 0) is 12.8 Å². The van der Waals surface area contributed by atoms with E-state index < -0.39 is 0 Å². The minimum absolute atomic E-state index is 0.801. The molecule has 0 aromatic heterocycles. The number of rotatable bonds is 3. The van der Waals surface area contributed by atoms with Gasteiger partial charge in [-0.15, -0.1) is 12.8 Å². The molecule has 1 aromatic carbocycles. The molecular formula is C23H32. The molecule has 0 aliphatic heterocycles. The van der Waals surface area contributed by atoms with Crippen molar-refractivity contribution in [2.45, 2.75) is 60.3 Å². The second-order valence-corrected chi connectivity index (χ2v) is 6.52. The molecule has 0 heterocycles. The Morgan fingerprint density at radius 2 is 1.83 bits per heavy atom. The lowest BCUT2D eigenvalue weighted by Crippen LogP contribution is -1.96. The molecule has 0 N–H and O–H groups in total. The molecule has 0 saturated heterocycles. The molecule has 0 heteroatoms. The summed E-state index contributed by atoms with van der Waals surface area (Å²) in [5.41, 5.74) is 8.96. The minimum Gasteiger partial charge on any atom is -0.124 e. The van der Waals surface area contributed by atoms with E-state index in [0.717, 1.165) is 11.8 Å². The third-order valence-electron chi connectivity index (χ3n) is 4.82. The van der Waals surface area contributed by atoms with Crippen LogP contribution in [0.15, 0.2) is 18.2 Å². The number of terminal acetylenes is 1. The van der Waals surface area contributed by atoms with Gasteiger partial charge in [-0.05, 0) is 79.2 Å². The van der Waals surface area contributed by atoms with Gasteiger partial charge < -0.3 is 0 Å². The van der Waals surface area contributed by atoms with E-state index in [1.807, 2.05) is 19.9 Å². The van der Waals surface area contributed by atoms with E-state index in [4.69, 9.17) is 0 Å². The Morgan fingerprint density at radius 1 is 1.22 bits per heavy atom. The van der Waals surface area contributed by atoms with Crippen molar-refractivity contribution < 1.29 is 0 Å². The smallest absolute Gasteiger partial charge is 0.0152 e. The molecule has 1 aromatic rings. The fourth-order valence-corrected chi connectivity index (χ4v) is 3.48. The standard InChI is InChI=1S/C19H24.C2H6.C2H2/c1-5-15-11-17-8-12(2)9-18(17)14(4)19(15)10-13(3)16-6-7-16;2*1-2/h5,10-12,16H,1,6-9H2,2-4H3;1-2H3;1-2H/b13-10+;;. The summed E-state index contributed by atoms with van der Waals surface area (Å²) in [7, 11) is 0. The van der Waals surface area contributed by atoms with Crippen molar-refractivity contribution in [3.8, 4) is 12.8 Å². The van der Waals surface area contributed by atoms with Crippen molar-refractivity contribution in [1.29, 1.82) is 0 Å². The van der Waals surface area contributed by atoms with Crippen LogP contribution in [0, 0.1) is 31.6 Å². The molecule has 23 heavy (non-hydrogen) atoms. The molecule has 3 rings (SSSR count). The molecule has 1 atom stereocenters. The van der Waals surface area contributed by atoms with Gasteiger partial charge in [0, 0.05) is 0 Å². The van der Waals surface area contributed by atoms with Gasteiger partial charge in [0.1, 0.15) is 0 Å². The topological polar surface area (TPSA) is 0 Å². The van der Waals surface area contributed by atoms with Gasteiger partial charge in [0.05, 0.1) is 0 Å². The maximum absolute atomic E-state index is 4.02. The van der Waals surface area contributed by atoms with E-state index in [1.54, 1.807) is 16.7 Å². The molecule has 0 amide bonds. The highest BCUT2D eigenvalue weighted by Gasteiger charge is 2.25. The van der Waals surface area contributed by atoms with E-state index in [9.17, 15) is 0 Å². The van der Waals surface area contributed by atoms with Crippen LogP contribution in [0.5, 0.6) is 0 Å². The second-order valence-electron chi connectivity index (χ2n) is 6.52. The van der Waals surface area contributed by atoms with E-state index >= 15 is 0 Å². The summed E-state index contributed by atoms with van der Waals surface area (Å²) in [6.07, 6.45) is 17.7. The van der Waals surface area contributed by atoms with Gasteiger partial charge in [-0.1, -0.05) is 51.1 Å². The summed E-state index contributed by atoms with van der Waals surface area (Å²) in [5, 5.41) is 0. The van der Waals surface area contributed by atoms with Crippen molar-refractivity contribution >= 4 is 12.2 Å². The van der Waals surface area contributed by atoms with Gasteiger partial charge in [-0.3, -0.25) is 0 Å². The van der Waals surface area contributed by atoms with E-state index in [-0.39, 0.29) is 0 Å². The van der Waals surface area contributed by atoms with E-state index in [2.05, 4.69) is 52.3 Å². The van der Waals surface area contributed by atoms with E-state index in [1.165, 1.54) is 42.4 Å². The Labute approximate surface area is 143 Å². The summed E-state index contributed by atoms with van der Waals surface area (Å²) >= 11 is 0. The minimum atomic E-state index is 0.801. The average Bonchev–Trinajstić information content (AvgIpc) is 3.36. The summed E-state index contributed by atoms with van der Waals surface area (Å²) in [5.74, 6) is 1.65. The monoisotopic (exact) mass is 308 g/mol. The lowest BCUT2D eigenvalue weighted by Gasteiger charge is -2.13. The largest absolute Gasteiger partial charge is 0.124 e. The third-order valence-corrected chi connectivity index (χ3v) is 4.82. The summed E-state index contributed by atoms with van der Waals surface area (Å²) < 4.78 is 0. The zero-order valence-electron chi connectivity index (χ0n) is 15.6. The van der Waals surface area contributed by atoms with Gasteiger partial charge in [0.15, 0.2) is 0 Å². The highest BCUT2D eigenvalue weighted by Crippen LogP contribution is 2.39. The van der Waals surface area contributed by atoms with Crippen LogP contribution < -0.4 is 0 Å². The second kappa shape index (κ2) is 8.78. The molecule has 0 bridgehead atoms. The zero-order valence-corrected chi connectivity index (χ0v) is 15.6. The number of hydrogen-bond acceptors (Lipinski definition) is 0. The number of allylic oxidation sites excluding steroid dienone is 1. The number of hydrogen-bond donors (Lipinski definition) is 0. The van der Waals surface area contributed by atoms with E-state index in [0.29, 0.717) is 0 Å². The lowest BCUT2D eigenvalue weighted by atomic mass is 9.92. The number of benzene rings is 1. The molecule has 0 spiro atoms. The summed E-state index contributed by atoms with van der Waals surface area (Å²) in [6.45, 7) is 15.0. The Balaban J connectivity index is 0.000000615. The normalized spacial score (nSPS) is 18.9. The third kappa shape index (κ3) is 4.38. The van der Waals surface area contributed by atoms with Gasteiger partial charge in [-0.25, -0.2) is 0 Å². The van der Waals surface area contributed by atoms with Crippen molar-refractivity contribution in [1.82, 2.24) is 0 Å². The number of fused-ring (bicyclic) bond motifs is 1. The first kappa shape index (κ1) is 19.3. The van der Waals surface area contributed by atoms with Crippen LogP contribution in [0.4, 0.5) is 0 Å². The first-order chi connectivity index (χ1) is 11.1. The molecule has 2 aliphatic carbocycles. The van der Waals surface area contributed by atoms with Crippen molar-refractivity contribution in [3.05, 3.63) is 46.0 Å². The highest BCUT2D eigenvalue weighted by molar-refractivity contribution is 5.71. The molecular weight excluding hydrogens is 276 g/mol. The molecule has 124 valence electrons. The predicted octanol–water partition coefficient (Wildman–Crippen LogP) is 6.46. The lowest BCUT2D eigenvalue weighted by molar-refractivity contribution is 0.627. The molecule has 0 radical (unpaired) electrons. The van der Waals surface area contributed by atoms with Crippen LogP contribution in [0.1, 0.15) is 68.4 Å². The fraction of sp³-hybridized carbons (Fsp3) is 0.478. The maximum atomic E-state index is 4.02. The van der Waals surface area contributed by atoms with Gasteiger partial charge in [0.25, 0.3) is 0 Å². The fourth-order valence-electron chi connectivity index (χ4n) is 3.48. The SMILES string of the molecule is C#C.C=Cc1cc2c(c(C)c1/C=C(\C)C1CC1)CC(C)C2.CC. The van der Waals surface area contributed by atoms with Gasteiger partial charge in [0.2, 0.25) is 0 Å². The van der Waals surface area contributed by atoms with Crippen LogP contribution >= 0.6 is 0 Å². The summed E-state index contributed by atoms with van der Waals surface area (Å²) in [6, 6.07) is 2.38. The van der Waals surface area contributed by atoms with Gasteiger partial charge >= 0.3 is 0 Å². The van der Waals surface area contributed by atoms with Crippen LogP contribution in [0.2, 0.25) is 0 Å². The molecule has 2 aliphatic rings. The zero-order chi connectivity index (χ0) is 17.6. The Morgan fingerprint density at radius 3 is 2.35 bits per heavy atom. The van der Waals surface area contributed by atoms with Crippen LogP contribution in [0.3, 0.4) is 0 Å². The van der Waals surface area contributed by atoms with Crippen molar-refractivity contribution in [2.24, 2.45) is 11.8 Å². The molecule has 0 nitrogen and oxygen atoms in total. The quantitative estimate of drug-likeness (QED) is 0.562. The van der Waals surface area contributed by atoms with Crippen LogP contribution in [0.25, 0.3) is 12.2 Å². The molecule has 1 unspecified atom stereocenters. The van der Waals surface area contributed by atoms with Crippen molar-refractivity contribution in [2.75, 3.05) is 0 Å². The highest BCUT2D eigenvalue weighted by atomic mass is 14.3.